The van der Waals surface area contributed by atoms with E-state index in [-0.39, 0.29) is 24.3 Å². The number of nitrogens with one attached hydrogen (secondary N) is 1. The van der Waals surface area contributed by atoms with Crippen LogP contribution in [0.15, 0.2) is 48.5 Å². The maximum atomic E-state index is 12.1. The Balaban J connectivity index is 0.00000243. The lowest BCUT2D eigenvalue weighted by Gasteiger charge is -2.23. The number of alkyl halides is 3. The number of hydrogen-bond acceptors (Lipinski definition) is 4. The molecule has 0 unspecified atom stereocenters. The molecule has 4 nitrogen and oxygen atoms in total. The van der Waals surface area contributed by atoms with E-state index in [0.29, 0.717) is 11.5 Å². The molecule has 0 bridgehead atoms. The molecule has 1 heterocycles. The van der Waals surface area contributed by atoms with E-state index < -0.39 is 6.36 Å². The van der Waals surface area contributed by atoms with Gasteiger partial charge in [0.1, 0.15) is 29.1 Å². The van der Waals surface area contributed by atoms with Gasteiger partial charge in [0.25, 0.3) is 0 Å². The lowest BCUT2D eigenvalue weighted by molar-refractivity contribution is -0.274. The third kappa shape index (κ3) is 6.31. The van der Waals surface area contributed by atoms with Crippen LogP contribution in [0, 0.1) is 0 Å². The normalized spacial score (nSPS) is 15.0. The second kappa shape index (κ2) is 9.00. The van der Waals surface area contributed by atoms with Crippen molar-refractivity contribution in [1.82, 2.24) is 5.32 Å². The van der Waals surface area contributed by atoms with Crippen molar-refractivity contribution in [3.8, 4) is 23.0 Å². The van der Waals surface area contributed by atoms with Gasteiger partial charge in [0.2, 0.25) is 0 Å². The van der Waals surface area contributed by atoms with Crippen LogP contribution in [-0.2, 0) is 0 Å². The fourth-order valence-corrected chi connectivity index (χ4v) is 2.54. The minimum Gasteiger partial charge on any atom is -0.490 e. The monoisotopic (exact) mass is 389 g/mol. The van der Waals surface area contributed by atoms with Crippen LogP contribution in [0.3, 0.4) is 0 Å². The summed E-state index contributed by atoms with van der Waals surface area (Å²) in [5.74, 6) is 1.47. The van der Waals surface area contributed by atoms with Crippen LogP contribution in [0.5, 0.6) is 23.0 Å². The molecule has 1 saturated heterocycles. The SMILES string of the molecule is Cl.FC(F)(F)Oc1ccc(Oc2ccc(OC3CCNCC3)cc2)cc1. The summed E-state index contributed by atoms with van der Waals surface area (Å²) < 4.78 is 51.7. The summed E-state index contributed by atoms with van der Waals surface area (Å²) in [6.07, 6.45) is -2.53. The van der Waals surface area contributed by atoms with Crippen LogP contribution in [0.1, 0.15) is 12.8 Å². The van der Waals surface area contributed by atoms with Crippen LogP contribution >= 0.6 is 12.4 Å². The fraction of sp³-hybridized carbons (Fsp3) is 0.333. The molecule has 8 heteroatoms. The van der Waals surface area contributed by atoms with E-state index in [2.05, 4.69) is 10.1 Å². The molecule has 2 aromatic carbocycles. The van der Waals surface area contributed by atoms with Gasteiger partial charge in [-0.1, -0.05) is 0 Å². The number of piperidine rings is 1. The van der Waals surface area contributed by atoms with Gasteiger partial charge in [-0.05, 0) is 74.5 Å². The summed E-state index contributed by atoms with van der Waals surface area (Å²) in [5.41, 5.74) is 0. The summed E-state index contributed by atoms with van der Waals surface area (Å²) in [7, 11) is 0. The maximum Gasteiger partial charge on any atom is 0.573 e. The first-order chi connectivity index (χ1) is 12.0. The minimum absolute atomic E-state index is 0. The second-order valence-corrected chi connectivity index (χ2v) is 5.66. The summed E-state index contributed by atoms with van der Waals surface area (Å²) in [5, 5.41) is 3.28. The fourth-order valence-electron chi connectivity index (χ4n) is 2.54. The lowest BCUT2D eigenvalue weighted by Crippen LogP contribution is -2.34. The topological polar surface area (TPSA) is 39.7 Å². The van der Waals surface area contributed by atoms with Crippen LogP contribution < -0.4 is 19.5 Å². The zero-order valence-corrected chi connectivity index (χ0v) is 14.6. The summed E-state index contributed by atoms with van der Waals surface area (Å²) in [6, 6.07) is 12.4. The van der Waals surface area contributed by atoms with Gasteiger partial charge in [0.05, 0.1) is 0 Å². The van der Waals surface area contributed by atoms with Crippen molar-refractivity contribution < 1.29 is 27.4 Å². The molecule has 3 rings (SSSR count). The Morgan fingerprint density at radius 2 is 1.23 bits per heavy atom. The quantitative estimate of drug-likeness (QED) is 0.787. The van der Waals surface area contributed by atoms with E-state index in [0.717, 1.165) is 31.7 Å². The maximum absolute atomic E-state index is 12.1. The Bertz CT molecular complexity index is 672. The highest BCUT2D eigenvalue weighted by molar-refractivity contribution is 5.85. The molecule has 1 aliphatic rings. The molecule has 0 aromatic heterocycles. The minimum atomic E-state index is -4.70. The second-order valence-electron chi connectivity index (χ2n) is 5.66. The standard InChI is InChI=1S/C18H18F3NO3.ClH/c19-18(20,21)25-17-7-5-15(6-8-17)23-13-1-3-14(4-2-13)24-16-9-11-22-12-10-16;/h1-8,16,22H,9-12H2;1H. The Labute approximate surface area is 155 Å². The van der Waals surface area contributed by atoms with Crippen LogP contribution in [-0.4, -0.2) is 25.6 Å². The zero-order valence-electron chi connectivity index (χ0n) is 13.8. The molecule has 0 amide bonds. The Morgan fingerprint density at radius 3 is 1.73 bits per heavy atom. The molecule has 0 atom stereocenters. The molecule has 0 aliphatic carbocycles. The predicted molar refractivity (Wildman–Crippen MR) is 93.4 cm³/mol. The van der Waals surface area contributed by atoms with Gasteiger partial charge in [0.15, 0.2) is 0 Å². The van der Waals surface area contributed by atoms with Gasteiger partial charge >= 0.3 is 6.36 Å². The molecule has 1 aliphatic heterocycles. The molecule has 0 radical (unpaired) electrons. The van der Waals surface area contributed by atoms with E-state index >= 15 is 0 Å². The van der Waals surface area contributed by atoms with Crippen molar-refractivity contribution in [3.63, 3.8) is 0 Å². The molecule has 0 spiro atoms. The average Bonchev–Trinajstić information content (AvgIpc) is 2.58. The van der Waals surface area contributed by atoms with E-state index in [1.54, 1.807) is 12.1 Å². The van der Waals surface area contributed by atoms with Gasteiger partial charge < -0.3 is 19.5 Å². The predicted octanol–water partition coefficient (Wildman–Crippen LogP) is 4.93. The molecule has 1 N–H and O–H groups in total. The smallest absolute Gasteiger partial charge is 0.490 e. The molecule has 26 heavy (non-hydrogen) atoms. The van der Waals surface area contributed by atoms with E-state index in [4.69, 9.17) is 9.47 Å². The summed E-state index contributed by atoms with van der Waals surface area (Å²) in [4.78, 5) is 0. The van der Waals surface area contributed by atoms with Crippen LogP contribution in [0.25, 0.3) is 0 Å². The van der Waals surface area contributed by atoms with Crippen molar-refractivity contribution >= 4 is 12.4 Å². The van der Waals surface area contributed by atoms with Crippen molar-refractivity contribution in [2.24, 2.45) is 0 Å². The van der Waals surface area contributed by atoms with Crippen LogP contribution in [0.4, 0.5) is 13.2 Å². The Kier molecular flexibility index (Phi) is 6.99. The van der Waals surface area contributed by atoms with E-state index in [1.165, 1.54) is 24.3 Å². The highest BCUT2D eigenvalue weighted by atomic mass is 35.5. The van der Waals surface area contributed by atoms with Crippen LogP contribution in [0.2, 0.25) is 0 Å². The highest BCUT2D eigenvalue weighted by Gasteiger charge is 2.30. The number of halogens is 4. The van der Waals surface area contributed by atoms with Gasteiger partial charge in [-0.15, -0.1) is 25.6 Å². The molecule has 142 valence electrons. The molecule has 1 fully saturated rings. The van der Waals surface area contributed by atoms with Gasteiger partial charge in [-0.2, -0.15) is 0 Å². The van der Waals surface area contributed by atoms with E-state index in [9.17, 15) is 13.2 Å². The Hall–Kier alpha value is -2.12. The van der Waals surface area contributed by atoms with Gasteiger partial charge in [-0.25, -0.2) is 0 Å². The molecule has 2 aromatic rings. The largest absolute Gasteiger partial charge is 0.573 e. The molecule has 0 saturated carbocycles. The number of benzene rings is 2. The lowest BCUT2D eigenvalue weighted by atomic mass is 10.1. The van der Waals surface area contributed by atoms with Crippen molar-refractivity contribution in [3.05, 3.63) is 48.5 Å². The first-order valence-corrected chi connectivity index (χ1v) is 7.99. The first-order valence-electron chi connectivity index (χ1n) is 7.99. The number of rotatable bonds is 5. The molecular formula is C18H19ClF3NO3. The van der Waals surface area contributed by atoms with Crippen molar-refractivity contribution in [2.45, 2.75) is 25.3 Å². The van der Waals surface area contributed by atoms with Gasteiger partial charge in [0, 0.05) is 0 Å². The number of ether oxygens (including phenoxy) is 3. The van der Waals surface area contributed by atoms with Crippen molar-refractivity contribution in [2.75, 3.05) is 13.1 Å². The third-order valence-electron chi connectivity index (χ3n) is 3.71. The summed E-state index contributed by atoms with van der Waals surface area (Å²) in [6.45, 7) is 1.92. The van der Waals surface area contributed by atoms with Crippen molar-refractivity contribution in [1.29, 1.82) is 0 Å². The molecular weight excluding hydrogens is 371 g/mol. The first kappa shape index (κ1) is 20.2. The van der Waals surface area contributed by atoms with E-state index in [1.807, 2.05) is 12.1 Å². The van der Waals surface area contributed by atoms with Gasteiger partial charge in [-0.3, -0.25) is 0 Å². The number of hydrogen-bond donors (Lipinski definition) is 1. The Morgan fingerprint density at radius 1 is 0.769 bits per heavy atom. The highest BCUT2D eigenvalue weighted by Crippen LogP contribution is 2.28. The zero-order chi connectivity index (χ0) is 17.7. The third-order valence-corrected chi connectivity index (χ3v) is 3.71. The average molecular weight is 390 g/mol. The summed E-state index contributed by atoms with van der Waals surface area (Å²) >= 11 is 0.